The summed E-state index contributed by atoms with van der Waals surface area (Å²) in [5.74, 6) is 1.40. The zero-order valence-corrected chi connectivity index (χ0v) is 12.1. The third-order valence-corrected chi connectivity index (χ3v) is 4.85. The largest absolute Gasteiger partial charge is 0.354 e. The fourth-order valence-corrected chi connectivity index (χ4v) is 2.89. The minimum absolute atomic E-state index is 0.130. The first kappa shape index (κ1) is 12.1. The summed E-state index contributed by atoms with van der Waals surface area (Å²) in [5, 5.41) is 0. The van der Waals surface area contributed by atoms with Crippen LogP contribution in [-0.4, -0.2) is 27.9 Å². The third-order valence-electron chi connectivity index (χ3n) is 2.94. The van der Waals surface area contributed by atoms with Gasteiger partial charge in [-0.1, -0.05) is 22.9 Å². The molecule has 2 rings (SSSR count). The Morgan fingerprint density at radius 1 is 1.62 bits per heavy atom. The van der Waals surface area contributed by atoms with Gasteiger partial charge in [0.05, 0.1) is 6.33 Å². The van der Waals surface area contributed by atoms with Crippen LogP contribution in [0.5, 0.6) is 0 Å². The Kier molecular flexibility index (Phi) is 3.69. The van der Waals surface area contributed by atoms with Crippen LogP contribution in [0.25, 0.3) is 0 Å². The van der Waals surface area contributed by atoms with Crippen molar-refractivity contribution in [2.24, 2.45) is 5.92 Å². The van der Waals surface area contributed by atoms with Crippen molar-refractivity contribution >= 4 is 37.7 Å². The molecule has 88 valence electrons. The molecule has 0 amide bonds. The number of halogens is 2. The maximum Gasteiger partial charge on any atom is 0.267 e. The zero-order chi connectivity index (χ0) is 11.7. The van der Waals surface area contributed by atoms with E-state index in [1.54, 1.807) is 0 Å². The topological polar surface area (TPSA) is 49.0 Å². The van der Waals surface area contributed by atoms with Crippen LogP contribution in [-0.2, 0) is 0 Å². The fourth-order valence-electron chi connectivity index (χ4n) is 1.81. The SMILES string of the molecule is CC1CCN(c2nc[nH]c(=O)c2Br)CC1Br. The molecule has 4 nitrogen and oxygen atoms in total. The van der Waals surface area contributed by atoms with Gasteiger partial charge in [0.2, 0.25) is 0 Å². The molecule has 1 saturated heterocycles. The molecule has 0 saturated carbocycles. The predicted molar refractivity (Wildman–Crippen MR) is 71.3 cm³/mol. The lowest BCUT2D eigenvalue weighted by atomic mass is 9.99. The van der Waals surface area contributed by atoms with Crippen molar-refractivity contribution in [3.05, 3.63) is 21.2 Å². The van der Waals surface area contributed by atoms with Gasteiger partial charge in [-0.3, -0.25) is 4.79 Å². The highest BCUT2D eigenvalue weighted by Gasteiger charge is 2.26. The molecule has 1 aromatic heterocycles. The van der Waals surface area contributed by atoms with Gasteiger partial charge in [-0.05, 0) is 28.3 Å². The van der Waals surface area contributed by atoms with Gasteiger partial charge in [-0.15, -0.1) is 0 Å². The summed E-state index contributed by atoms with van der Waals surface area (Å²) in [6, 6.07) is 0. The van der Waals surface area contributed by atoms with Crippen LogP contribution in [0.2, 0.25) is 0 Å². The Hall–Kier alpha value is -0.360. The van der Waals surface area contributed by atoms with E-state index in [1.807, 2.05) is 0 Å². The van der Waals surface area contributed by atoms with E-state index < -0.39 is 0 Å². The van der Waals surface area contributed by atoms with Crippen molar-refractivity contribution in [1.29, 1.82) is 0 Å². The second kappa shape index (κ2) is 4.87. The summed E-state index contributed by atoms with van der Waals surface area (Å²) in [7, 11) is 0. The Morgan fingerprint density at radius 2 is 2.38 bits per heavy atom. The van der Waals surface area contributed by atoms with Crippen LogP contribution in [0.4, 0.5) is 5.82 Å². The molecule has 2 heterocycles. The van der Waals surface area contributed by atoms with E-state index in [-0.39, 0.29) is 5.56 Å². The molecule has 0 spiro atoms. The van der Waals surface area contributed by atoms with Crippen LogP contribution >= 0.6 is 31.9 Å². The molecule has 0 radical (unpaired) electrons. The highest BCUT2D eigenvalue weighted by Crippen LogP contribution is 2.28. The standard InChI is InChI=1S/C10H13Br2N3O/c1-6-2-3-15(4-7(6)11)9-8(12)10(16)14-5-13-9/h5-7H,2-4H2,1H3,(H,13,14,16). The van der Waals surface area contributed by atoms with Crippen LogP contribution in [0.15, 0.2) is 15.6 Å². The number of hydrogen-bond acceptors (Lipinski definition) is 3. The maximum absolute atomic E-state index is 11.4. The Morgan fingerprint density at radius 3 is 3.06 bits per heavy atom. The predicted octanol–water partition coefficient (Wildman–Crippen LogP) is 2.14. The van der Waals surface area contributed by atoms with E-state index in [0.717, 1.165) is 25.3 Å². The minimum atomic E-state index is -0.130. The second-order valence-electron chi connectivity index (χ2n) is 4.10. The van der Waals surface area contributed by atoms with Gasteiger partial charge in [0, 0.05) is 17.9 Å². The molecule has 1 N–H and O–H groups in total. The molecule has 0 aromatic carbocycles. The van der Waals surface area contributed by atoms with E-state index in [2.05, 4.69) is 53.7 Å². The van der Waals surface area contributed by atoms with Crippen molar-refractivity contribution in [2.45, 2.75) is 18.2 Å². The number of rotatable bonds is 1. The molecule has 2 unspecified atom stereocenters. The van der Waals surface area contributed by atoms with Crippen molar-refractivity contribution in [1.82, 2.24) is 9.97 Å². The number of anilines is 1. The lowest BCUT2D eigenvalue weighted by Gasteiger charge is -2.35. The van der Waals surface area contributed by atoms with Gasteiger partial charge in [0.1, 0.15) is 10.3 Å². The third kappa shape index (κ3) is 2.32. The average Bonchev–Trinajstić information content (AvgIpc) is 2.26. The molecule has 1 aliphatic rings. The number of nitrogens with one attached hydrogen (secondary N) is 1. The number of hydrogen-bond donors (Lipinski definition) is 1. The molecule has 1 aromatic rings. The summed E-state index contributed by atoms with van der Waals surface area (Å²) in [6.07, 6.45) is 2.56. The first-order chi connectivity index (χ1) is 7.59. The van der Waals surface area contributed by atoms with Gasteiger partial charge >= 0.3 is 0 Å². The molecule has 1 aliphatic heterocycles. The lowest BCUT2D eigenvalue weighted by molar-refractivity contribution is 0.454. The van der Waals surface area contributed by atoms with E-state index >= 15 is 0 Å². The Labute approximate surface area is 111 Å². The number of aromatic nitrogens is 2. The normalized spacial score (nSPS) is 25.8. The highest BCUT2D eigenvalue weighted by atomic mass is 79.9. The zero-order valence-electron chi connectivity index (χ0n) is 8.91. The van der Waals surface area contributed by atoms with Gasteiger partial charge < -0.3 is 9.88 Å². The van der Waals surface area contributed by atoms with Crippen molar-refractivity contribution in [2.75, 3.05) is 18.0 Å². The fraction of sp³-hybridized carbons (Fsp3) is 0.600. The van der Waals surface area contributed by atoms with Crippen LogP contribution in [0.3, 0.4) is 0 Å². The molecule has 0 bridgehead atoms. The van der Waals surface area contributed by atoms with E-state index in [1.165, 1.54) is 6.33 Å². The summed E-state index contributed by atoms with van der Waals surface area (Å²) in [6.45, 7) is 4.06. The van der Waals surface area contributed by atoms with Crippen molar-refractivity contribution < 1.29 is 0 Å². The quantitative estimate of drug-likeness (QED) is 0.789. The summed E-state index contributed by atoms with van der Waals surface area (Å²) in [4.78, 5) is 20.8. The molecule has 6 heteroatoms. The number of piperidine rings is 1. The molecule has 0 aliphatic carbocycles. The van der Waals surface area contributed by atoms with E-state index in [0.29, 0.717) is 15.2 Å². The molecule has 1 fully saturated rings. The van der Waals surface area contributed by atoms with E-state index in [4.69, 9.17) is 0 Å². The summed E-state index contributed by atoms with van der Waals surface area (Å²) in [5.41, 5.74) is -0.130. The van der Waals surface area contributed by atoms with Gasteiger partial charge in [0.25, 0.3) is 5.56 Å². The first-order valence-corrected chi connectivity index (χ1v) is 6.92. The number of aromatic amines is 1. The number of H-pyrrole nitrogens is 1. The highest BCUT2D eigenvalue weighted by molar-refractivity contribution is 9.10. The summed E-state index contributed by atoms with van der Waals surface area (Å²) >= 11 is 6.95. The van der Waals surface area contributed by atoms with Gasteiger partial charge in [-0.25, -0.2) is 4.98 Å². The first-order valence-electron chi connectivity index (χ1n) is 5.22. The summed E-state index contributed by atoms with van der Waals surface area (Å²) < 4.78 is 0.518. The maximum atomic E-state index is 11.4. The smallest absolute Gasteiger partial charge is 0.267 e. The van der Waals surface area contributed by atoms with Crippen LogP contribution < -0.4 is 10.5 Å². The number of nitrogens with zero attached hydrogens (tertiary/aromatic N) is 2. The Balaban J connectivity index is 2.25. The molecule has 16 heavy (non-hydrogen) atoms. The average molecular weight is 351 g/mol. The van der Waals surface area contributed by atoms with E-state index in [9.17, 15) is 4.79 Å². The molecular formula is C10H13Br2N3O. The van der Waals surface area contributed by atoms with Crippen molar-refractivity contribution in [3.63, 3.8) is 0 Å². The second-order valence-corrected chi connectivity index (χ2v) is 6.07. The Bertz CT molecular complexity index is 434. The minimum Gasteiger partial charge on any atom is -0.354 e. The monoisotopic (exact) mass is 349 g/mol. The van der Waals surface area contributed by atoms with Gasteiger partial charge in [0.15, 0.2) is 0 Å². The lowest BCUT2D eigenvalue weighted by Crippen LogP contribution is -2.41. The molecule has 2 atom stereocenters. The van der Waals surface area contributed by atoms with Crippen LogP contribution in [0.1, 0.15) is 13.3 Å². The van der Waals surface area contributed by atoms with Crippen LogP contribution in [0, 0.1) is 5.92 Å². The van der Waals surface area contributed by atoms with Crippen molar-refractivity contribution in [3.8, 4) is 0 Å². The number of alkyl halides is 1. The van der Waals surface area contributed by atoms with Gasteiger partial charge in [-0.2, -0.15) is 0 Å². The molecular weight excluding hydrogens is 338 g/mol.